The van der Waals surface area contributed by atoms with Crippen molar-refractivity contribution in [3.05, 3.63) is 83.4 Å². The Balaban J connectivity index is 1.66. The number of hydrogen-bond acceptors (Lipinski definition) is 4. The van der Waals surface area contributed by atoms with Crippen molar-refractivity contribution in [2.75, 3.05) is 10.0 Å². The van der Waals surface area contributed by atoms with Crippen LogP contribution in [0.1, 0.15) is 23.6 Å². The summed E-state index contributed by atoms with van der Waals surface area (Å²) in [6.45, 7) is 7.37. The Hall–Kier alpha value is -3.32. The van der Waals surface area contributed by atoms with Crippen molar-refractivity contribution < 1.29 is 17.9 Å². The van der Waals surface area contributed by atoms with Gasteiger partial charge in [0.25, 0.3) is 15.9 Å². The molecule has 1 amide bonds. The highest BCUT2D eigenvalue weighted by atomic mass is 32.2. The number of carbonyl (C=O) groups excluding carboxylic acids is 1. The molecular weight excluding hydrogens is 412 g/mol. The van der Waals surface area contributed by atoms with Crippen molar-refractivity contribution in [2.45, 2.75) is 38.7 Å². The van der Waals surface area contributed by atoms with Crippen LogP contribution < -0.4 is 14.8 Å². The number of benzene rings is 3. The Bertz CT molecular complexity index is 1190. The average molecular weight is 439 g/mol. The summed E-state index contributed by atoms with van der Waals surface area (Å²) < 4.78 is 33.7. The Morgan fingerprint density at radius 1 is 0.903 bits per heavy atom. The van der Waals surface area contributed by atoms with E-state index in [2.05, 4.69) is 10.0 Å². The van der Waals surface area contributed by atoms with Gasteiger partial charge in [-0.2, -0.15) is 0 Å². The van der Waals surface area contributed by atoms with Gasteiger partial charge in [0.05, 0.1) is 10.6 Å². The zero-order chi connectivity index (χ0) is 22.6. The van der Waals surface area contributed by atoms with Crippen LogP contribution in [0.5, 0.6) is 5.75 Å². The van der Waals surface area contributed by atoms with E-state index in [0.717, 1.165) is 16.7 Å². The van der Waals surface area contributed by atoms with Crippen molar-refractivity contribution in [1.29, 1.82) is 0 Å². The Labute approximate surface area is 183 Å². The molecule has 0 aliphatic rings. The van der Waals surface area contributed by atoms with Crippen LogP contribution in [0.25, 0.3) is 0 Å². The molecule has 0 aromatic heterocycles. The highest BCUT2D eigenvalue weighted by Crippen LogP contribution is 2.22. The molecule has 0 saturated heterocycles. The van der Waals surface area contributed by atoms with Crippen molar-refractivity contribution in [2.24, 2.45) is 0 Å². The molecule has 6 nitrogen and oxygen atoms in total. The van der Waals surface area contributed by atoms with E-state index < -0.39 is 16.1 Å². The summed E-state index contributed by atoms with van der Waals surface area (Å²) in [5.41, 5.74) is 3.85. The summed E-state index contributed by atoms with van der Waals surface area (Å²) in [5.74, 6) is 0.316. The molecule has 0 aliphatic heterocycles. The SMILES string of the molecule is Cc1ccc(NS(=O)(=O)c2ccc(NC(=O)[C@H](C)Oc3ccccc3C)cc2)c(C)c1. The Morgan fingerprint density at radius 3 is 2.23 bits per heavy atom. The molecule has 0 unspecified atom stereocenters. The maximum atomic E-state index is 12.7. The van der Waals surface area contributed by atoms with E-state index in [9.17, 15) is 13.2 Å². The van der Waals surface area contributed by atoms with Gasteiger partial charge in [0.15, 0.2) is 6.10 Å². The molecule has 3 rings (SSSR count). The molecule has 31 heavy (non-hydrogen) atoms. The van der Waals surface area contributed by atoms with Gasteiger partial charge in [-0.3, -0.25) is 9.52 Å². The number of ether oxygens (including phenoxy) is 1. The van der Waals surface area contributed by atoms with Gasteiger partial charge < -0.3 is 10.1 Å². The third kappa shape index (κ3) is 5.64. The van der Waals surface area contributed by atoms with Crippen LogP contribution in [-0.2, 0) is 14.8 Å². The number of amides is 1. The number of hydrogen-bond donors (Lipinski definition) is 2. The van der Waals surface area contributed by atoms with Crippen molar-refractivity contribution >= 4 is 27.3 Å². The zero-order valence-corrected chi connectivity index (χ0v) is 18.8. The zero-order valence-electron chi connectivity index (χ0n) is 18.0. The summed E-state index contributed by atoms with van der Waals surface area (Å²) in [6.07, 6.45) is -0.712. The molecule has 0 heterocycles. The van der Waals surface area contributed by atoms with Crippen LogP contribution in [0.15, 0.2) is 71.6 Å². The van der Waals surface area contributed by atoms with Crippen LogP contribution in [0.2, 0.25) is 0 Å². The minimum Gasteiger partial charge on any atom is -0.481 e. The molecule has 0 bridgehead atoms. The lowest BCUT2D eigenvalue weighted by Gasteiger charge is -2.16. The van der Waals surface area contributed by atoms with Crippen LogP contribution in [0, 0.1) is 20.8 Å². The normalized spacial score (nSPS) is 12.1. The van der Waals surface area contributed by atoms with Gasteiger partial charge in [-0.05, 0) is 75.2 Å². The van der Waals surface area contributed by atoms with E-state index in [4.69, 9.17) is 4.74 Å². The van der Waals surface area contributed by atoms with Gasteiger partial charge in [-0.25, -0.2) is 8.42 Å². The summed E-state index contributed by atoms with van der Waals surface area (Å²) in [6, 6.07) is 19.0. The first-order chi connectivity index (χ1) is 14.7. The number of rotatable bonds is 7. The van der Waals surface area contributed by atoms with Gasteiger partial charge in [0.1, 0.15) is 5.75 Å². The van der Waals surface area contributed by atoms with Gasteiger partial charge in [-0.1, -0.05) is 35.9 Å². The first kappa shape index (κ1) is 22.4. The molecular formula is C24H26N2O4S. The highest BCUT2D eigenvalue weighted by molar-refractivity contribution is 7.92. The number of aryl methyl sites for hydroxylation is 3. The molecule has 1 atom stereocenters. The number of nitrogens with one attached hydrogen (secondary N) is 2. The lowest BCUT2D eigenvalue weighted by molar-refractivity contribution is -0.122. The number of anilines is 2. The fourth-order valence-corrected chi connectivity index (χ4v) is 4.16. The first-order valence-electron chi connectivity index (χ1n) is 9.89. The van der Waals surface area contributed by atoms with Gasteiger partial charge in [0, 0.05) is 5.69 Å². The second kappa shape index (κ2) is 9.22. The lowest BCUT2D eigenvalue weighted by atomic mass is 10.1. The van der Waals surface area contributed by atoms with Crippen molar-refractivity contribution in [3.8, 4) is 5.75 Å². The van der Waals surface area contributed by atoms with E-state index in [1.165, 1.54) is 12.1 Å². The Kier molecular flexibility index (Phi) is 6.65. The molecule has 2 N–H and O–H groups in total. The Morgan fingerprint density at radius 2 is 1.58 bits per heavy atom. The van der Waals surface area contributed by atoms with Crippen LogP contribution in [0.3, 0.4) is 0 Å². The first-order valence-corrected chi connectivity index (χ1v) is 11.4. The quantitative estimate of drug-likeness (QED) is 0.554. The van der Waals surface area contributed by atoms with Gasteiger partial charge in [0.2, 0.25) is 0 Å². The van der Waals surface area contributed by atoms with Gasteiger partial charge >= 0.3 is 0 Å². The van der Waals surface area contributed by atoms with E-state index in [1.54, 1.807) is 25.1 Å². The predicted molar refractivity (Wildman–Crippen MR) is 123 cm³/mol. The van der Waals surface area contributed by atoms with Crippen molar-refractivity contribution in [3.63, 3.8) is 0 Å². The largest absolute Gasteiger partial charge is 0.481 e. The van der Waals surface area contributed by atoms with Crippen molar-refractivity contribution in [1.82, 2.24) is 0 Å². The van der Waals surface area contributed by atoms with Gasteiger partial charge in [-0.15, -0.1) is 0 Å². The maximum absolute atomic E-state index is 12.7. The fraction of sp³-hybridized carbons (Fsp3) is 0.208. The average Bonchev–Trinajstić information content (AvgIpc) is 2.72. The third-order valence-corrected chi connectivity index (χ3v) is 6.21. The van der Waals surface area contributed by atoms with Crippen LogP contribution in [-0.4, -0.2) is 20.4 Å². The second-order valence-corrected chi connectivity index (χ2v) is 9.15. The third-order valence-electron chi connectivity index (χ3n) is 4.82. The minimum atomic E-state index is -3.74. The summed E-state index contributed by atoms with van der Waals surface area (Å²) >= 11 is 0. The monoisotopic (exact) mass is 438 g/mol. The molecule has 162 valence electrons. The minimum absolute atomic E-state index is 0.106. The molecule has 3 aromatic carbocycles. The maximum Gasteiger partial charge on any atom is 0.265 e. The molecule has 3 aromatic rings. The lowest BCUT2D eigenvalue weighted by Crippen LogP contribution is -2.30. The van der Waals surface area contributed by atoms with E-state index in [0.29, 0.717) is 17.1 Å². The summed E-state index contributed by atoms with van der Waals surface area (Å²) in [7, 11) is -3.74. The van der Waals surface area contributed by atoms with Crippen LogP contribution in [0.4, 0.5) is 11.4 Å². The molecule has 0 saturated carbocycles. The molecule has 0 spiro atoms. The molecule has 0 fully saturated rings. The number of carbonyl (C=O) groups is 1. The topological polar surface area (TPSA) is 84.5 Å². The number of para-hydroxylation sites is 1. The standard InChI is InChI=1S/C24H26N2O4S/c1-16-9-14-22(18(3)15-16)26-31(28,29)21-12-10-20(11-13-21)25-24(27)19(4)30-23-8-6-5-7-17(23)2/h5-15,19,26H,1-4H3,(H,25,27)/t19-/m0/s1. The second-order valence-electron chi connectivity index (χ2n) is 7.46. The molecule has 0 radical (unpaired) electrons. The highest BCUT2D eigenvalue weighted by Gasteiger charge is 2.18. The van der Waals surface area contributed by atoms with Crippen LogP contribution >= 0.6 is 0 Å². The fourth-order valence-electron chi connectivity index (χ4n) is 3.03. The van der Waals surface area contributed by atoms with E-state index >= 15 is 0 Å². The predicted octanol–water partition coefficient (Wildman–Crippen LogP) is 4.82. The smallest absolute Gasteiger partial charge is 0.265 e. The molecule has 0 aliphatic carbocycles. The van der Waals surface area contributed by atoms with E-state index in [1.807, 2.05) is 57.2 Å². The summed E-state index contributed by atoms with van der Waals surface area (Å²) in [4.78, 5) is 12.6. The molecule has 7 heteroatoms. The summed E-state index contributed by atoms with van der Waals surface area (Å²) in [5, 5.41) is 2.75. The number of sulfonamides is 1. The van der Waals surface area contributed by atoms with E-state index in [-0.39, 0.29) is 10.8 Å².